The average Bonchev–Trinajstić information content (AvgIpc) is 2.55. The van der Waals surface area contributed by atoms with Crippen molar-refractivity contribution in [3.05, 3.63) is 0 Å². The zero-order valence-electron chi connectivity index (χ0n) is 18.4. The number of rotatable bonds is 17. The van der Waals surface area contributed by atoms with Gasteiger partial charge in [-0.2, -0.15) is 0 Å². The molecule has 158 valence electrons. The summed E-state index contributed by atoms with van der Waals surface area (Å²) in [5, 5.41) is 3.18. The van der Waals surface area contributed by atoms with Crippen molar-refractivity contribution >= 4 is 5.91 Å². The summed E-state index contributed by atoms with van der Waals surface area (Å²) in [6.07, 6.45) is 19.4. The lowest BCUT2D eigenvalue weighted by atomic mass is 10.0. The van der Waals surface area contributed by atoms with Crippen LogP contribution in [0.1, 0.15) is 110 Å². The minimum Gasteiger partial charge on any atom is -1.00 e. The monoisotopic (exact) mass is 390 g/mol. The van der Waals surface area contributed by atoms with E-state index in [4.69, 9.17) is 0 Å². The van der Waals surface area contributed by atoms with Gasteiger partial charge in [0.05, 0.1) is 21.1 Å². The molecule has 1 amide bonds. The number of carbonyl (C=O) groups is 1. The molecule has 0 aromatic heterocycles. The molecule has 0 saturated carbocycles. The van der Waals surface area contributed by atoms with Crippen LogP contribution in [-0.2, 0) is 4.79 Å². The highest BCUT2D eigenvalue weighted by atomic mass is 35.5. The highest BCUT2D eigenvalue weighted by Crippen LogP contribution is 2.13. The number of quaternary nitrogens is 1. The SMILES string of the molecule is CCCCCCCCCCCCCCCC(=O)NC(CC)[N+](C)(C)C.[Cl-]. The Kier molecular flexibility index (Phi) is 19.4. The molecule has 26 heavy (non-hydrogen) atoms. The summed E-state index contributed by atoms with van der Waals surface area (Å²) >= 11 is 0. The third kappa shape index (κ3) is 17.1. The molecule has 1 atom stereocenters. The van der Waals surface area contributed by atoms with Gasteiger partial charge in [0.1, 0.15) is 0 Å². The molecule has 0 rings (SSSR count). The Morgan fingerprint density at radius 3 is 1.46 bits per heavy atom. The number of carbonyl (C=O) groups excluding carboxylic acids is 1. The van der Waals surface area contributed by atoms with Crippen LogP contribution in [0.5, 0.6) is 0 Å². The number of hydrogen-bond donors (Lipinski definition) is 1. The first-order valence-corrected chi connectivity index (χ1v) is 11.0. The van der Waals surface area contributed by atoms with Gasteiger partial charge in [-0.25, -0.2) is 0 Å². The van der Waals surface area contributed by atoms with E-state index in [-0.39, 0.29) is 24.5 Å². The van der Waals surface area contributed by atoms with Crippen LogP contribution < -0.4 is 17.7 Å². The maximum absolute atomic E-state index is 12.0. The van der Waals surface area contributed by atoms with Gasteiger partial charge in [-0.1, -0.05) is 90.9 Å². The Morgan fingerprint density at radius 1 is 0.731 bits per heavy atom. The van der Waals surface area contributed by atoms with Gasteiger partial charge in [0.2, 0.25) is 5.91 Å². The van der Waals surface area contributed by atoms with E-state index in [9.17, 15) is 4.79 Å². The Hall–Kier alpha value is -0.280. The van der Waals surface area contributed by atoms with Crippen molar-refractivity contribution < 1.29 is 21.7 Å². The molecule has 3 nitrogen and oxygen atoms in total. The topological polar surface area (TPSA) is 29.1 Å². The fraction of sp³-hybridized carbons (Fsp3) is 0.955. The summed E-state index contributed by atoms with van der Waals surface area (Å²) < 4.78 is 0.793. The first-order valence-electron chi connectivity index (χ1n) is 11.0. The van der Waals surface area contributed by atoms with E-state index >= 15 is 0 Å². The van der Waals surface area contributed by atoms with Gasteiger partial charge in [-0.05, 0) is 6.42 Å². The molecule has 1 unspecified atom stereocenters. The normalized spacial score (nSPS) is 12.5. The van der Waals surface area contributed by atoms with E-state index in [2.05, 4.69) is 40.3 Å². The number of amides is 1. The van der Waals surface area contributed by atoms with E-state index in [0.717, 1.165) is 17.3 Å². The maximum Gasteiger partial charge on any atom is 0.224 e. The molecule has 0 aliphatic rings. The van der Waals surface area contributed by atoms with Crippen LogP contribution in [0.4, 0.5) is 0 Å². The second-order valence-corrected chi connectivity index (χ2v) is 8.60. The molecule has 0 saturated heterocycles. The molecule has 0 bridgehead atoms. The molecular formula is C22H47ClN2O. The van der Waals surface area contributed by atoms with Gasteiger partial charge in [0.25, 0.3) is 0 Å². The highest BCUT2D eigenvalue weighted by Gasteiger charge is 2.22. The van der Waals surface area contributed by atoms with Gasteiger partial charge < -0.3 is 22.2 Å². The van der Waals surface area contributed by atoms with Gasteiger partial charge >= 0.3 is 0 Å². The fourth-order valence-electron chi connectivity index (χ4n) is 3.40. The Balaban J connectivity index is 0. The minimum atomic E-state index is 0. The average molecular weight is 391 g/mol. The van der Waals surface area contributed by atoms with E-state index < -0.39 is 0 Å². The number of unbranched alkanes of at least 4 members (excludes halogenated alkanes) is 12. The van der Waals surface area contributed by atoms with Gasteiger partial charge in [-0.3, -0.25) is 4.79 Å². The van der Waals surface area contributed by atoms with Crippen LogP contribution in [0, 0.1) is 0 Å². The lowest BCUT2D eigenvalue weighted by Gasteiger charge is -2.33. The van der Waals surface area contributed by atoms with Crippen LogP contribution >= 0.6 is 0 Å². The van der Waals surface area contributed by atoms with Crippen LogP contribution in [0.3, 0.4) is 0 Å². The van der Waals surface area contributed by atoms with Gasteiger partial charge in [0, 0.05) is 12.8 Å². The number of halogens is 1. The molecule has 0 aliphatic heterocycles. The molecule has 0 fully saturated rings. The number of nitrogens with one attached hydrogen (secondary N) is 1. The van der Waals surface area contributed by atoms with Crippen LogP contribution in [-0.4, -0.2) is 37.7 Å². The summed E-state index contributed by atoms with van der Waals surface area (Å²) in [5.41, 5.74) is 0. The predicted octanol–water partition coefficient (Wildman–Crippen LogP) is 3.03. The lowest BCUT2D eigenvalue weighted by Crippen LogP contribution is -3.00. The smallest absolute Gasteiger partial charge is 0.224 e. The van der Waals surface area contributed by atoms with E-state index in [1.54, 1.807) is 0 Å². The quantitative estimate of drug-likeness (QED) is 0.231. The fourth-order valence-corrected chi connectivity index (χ4v) is 3.40. The van der Waals surface area contributed by atoms with Crippen molar-refractivity contribution in [2.24, 2.45) is 0 Å². The molecule has 4 heteroatoms. The maximum atomic E-state index is 12.0. The Labute approximate surface area is 170 Å². The third-order valence-corrected chi connectivity index (χ3v) is 5.16. The minimum absolute atomic E-state index is 0. The summed E-state index contributed by atoms with van der Waals surface area (Å²) in [6, 6.07) is 0. The van der Waals surface area contributed by atoms with Crippen LogP contribution in [0.2, 0.25) is 0 Å². The molecule has 0 spiro atoms. The second kappa shape index (κ2) is 18.1. The zero-order chi connectivity index (χ0) is 19.0. The third-order valence-electron chi connectivity index (χ3n) is 5.16. The lowest BCUT2D eigenvalue weighted by molar-refractivity contribution is -0.898. The molecule has 0 heterocycles. The molecule has 0 aliphatic carbocycles. The highest BCUT2D eigenvalue weighted by molar-refractivity contribution is 5.75. The summed E-state index contributed by atoms with van der Waals surface area (Å²) in [5.74, 6) is 0.225. The van der Waals surface area contributed by atoms with Crippen molar-refractivity contribution in [1.82, 2.24) is 5.32 Å². The van der Waals surface area contributed by atoms with Crippen molar-refractivity contribution in [2.45, 2.75) is 116 Å². The van der Waals surface area contributed by atoms with Crippen molar-refractivity contribution in [3.63, 3.8) is 0 Å². The molecule has 0 aromatic carbocycles. The van der Waals surface area contributed by atoms with E-state index in [0.29, 0.717) is 6.42 Å². The van der Waals surface area contributed by atoms with Crippen molar-refractivity contribution in [2.75, 3.05) is 21.1 Å². The standard InChI is InChI=1S/C22H46N2O.ClH/c1-6-8-9-10-11-12-13-14-15-16-17-18-19-20-22(25)23-21(7-2)24(3,4)5;/h21H,6-20H2,1-5H3;1H. The number of nitrogens with zero attached hydrogens (tertiary/aromatic N) is 1. The van der Waals surface area contributed by atoms with Gasteiger partial charge in [-0.15, -0.1) is 0 Å². The second-order valence-electron chi connectivity index (χ2n) is 8.60. The zero-order valence-corrected chi connectivity index (χ0v) is 19.2. The molecule has 0 radical (unpaired) electrons. The first-order chi connectivity index (χ1) is 11.9. The van der Waals surface area contributed by atoms with E-state index in [1.807, 2.05) is 0 Å². The molecular weight excluding hydrogens is 344 g/mol. The summed E-state index contributed by atoms with van der Waals surface area (Å²) in [7, 11) is 6.42. The van der Waals surface area contributed by atoms with Crippen molar-refractivity contribution in [3.8, 4) is 0 Å². The van der Waals surface area contributed by atoms with Gasteiger partial charge in [0.15, 0.2) is 6.17 Å². The Morgan fingerprint density at radius 2 is 1.12 bits per heavy atom. The predicted molar refractivity (Wildman–Crippen MR) is 111 cm³/mol. The first kappa shape index (κ1) is 27.9. The number of hydrogen-bond acceptors (Lipinski definition) is 1. The summed E-state index contributed by atoms with van der Waals surface area (Å²) in [4.78, 5) is 12.0. The van der Waals surface area contributed by atoms with Crippen molar-refractivity contribution in [1.29, 1.82) is 0 Å². The Bertz CT molecular complexity index is 316. The summed E-state index contributed by atoms with van der Waals surface area (Å²) in [6.45, 7) is 4.42. The van der Waals surface area contributed by atoms with Crippen LogP contribution in [0.25, 0.3) is 0 Å². The largest absolute Gasteiger partial charge is 1.00 e. The van der Waals surface area contributed by atoms with Crippen LogP contribution in [0.15, 0.2) is 0 Å². The van der Waals surface area contributed by atoms with E-state index in [1.165, 1.54) is 77.0 Å². The molecule has 0 aromatic rings. The molecule has 1 N–H and O–H groups in total.